The molecule has 0 spiro atoms. The van der Waals surface area contributed by atoms with Gasteiger partial charge in [0, 0.05) is 9.50 Å². The van der Waals surface area contributed by atoms with E-state index in [1.165, 1.54) is 4.90 Å². The molecule has 2 aromatic carbocycles. The molecule has 0 N–H and O–H groups in total. The second-order valence-electron chi connectivity index (χ2n) is 7.82. The standard InChI is InChI=1S/C21H21BrClNO3/c1-20(2,3)27-19(26)24-17(13-5-11-16(23)12-6-13)21(4,18(24)25)14-7-9-15(22)10-8-14/h5-12,17H,1-4H3/t17-,21+/m1/s1. The summed E-state index contributed by atoms with van der Waals surface area (Å²) in [7, 11) is 0. The van der Waals surface area contributed by atoms with Crippen LogP contribution in [0.15, 0.2) is 53.0 Å². The molecular weight excluding hydrogens is 430 g/mol. The Hall–Kier alpha value is -1.85. The first-order chi connectivity index (χ1) is 12.5. The zero-order valence-corrected chi connectivity index (χ0v) is 18.0. The van der Waals surface area contributed by atoms with E-state index >= 15 is 0 Å². The molecule has 1 heterocycles. The third kappa shape index (κ3) is 3.63. The van der Waals surface area contributed by atoms with Crippen molar-refractivity contribution in [2.45, 2.75) is 44.8 Å². The van der Waals surface area contributed by atoms with Crippen LogP contribution in [-0.2, 0) is 14.9 Å². The van der Waals surface area contributed by atoms with E-state index in [-0.39, 0.29) is 5.91 Å². The van der Waals surface area contributed by atoms with Gasteiger partial charge in [0.2, 0.25) is 5.91 Å². The Labute approximate surface area is 172 Å². The summed E-state index contributed by atoms with van der Waals surface area (Å²) in [5, 5.41) is 0.596. The first-order valence-corrected chi connectivity index (χ1v) is 9.79. The summed E-state index contributed by atoms with van der Waals surface area (Å²) in [6.07, 6.45) is -0.637. The van der Waals surface area contributed by atoms with Gasteiger partial charge in [0.05, 0.1) is 11.5 Å². The van der Waals surface area contributed by atoms with Crippen molar-refractivity contribution in [2.75, 3.05) is 0 Å². The van der Waals surface area contributed by atoms with Crippen LogP contribution in [-0.4, -0.2) is 22.5 Å². The lowest BCUT2D eigenvalue weighted by atomic mass is 9.65. The fourth-order valence-corrected chi connectivity index (χ4v) is 3.77. The largest absolute Gasteiger partial charge is 0.443 e. The van der Waals surface area contributed by atoms with Gasteiger partial charge in [-0.3, -0.25) is 4.79 Å². The van der Waals surface area contributed by atoms with Crippen molar-refractivity contribution in [1.82, 2.24) is 4.90 Å². The molecule has 2 aromatic rings. The second kappa shape index (κ2) is 6.95. The molecule has 142 valence electrons. The Morgan fingerprint density at radius 1 is 1.11 bits per heavy atom. The van der Waals surface area contributed by atoms with E-state index < -0.39 is 23.2 Å². The van der Waals surface area contributed by atoms with Crippen molar-refractivity contribution in [3.63, 3.8) is 0 Å². The normalized spacial score (nSPS) is 22.4. The van der Waals surface area contributed by atoms with Gasteiger partial charge in [0.15, 0.2) is 0 Å². The number of hydrogen-bond acceptors (Lipinski definition) is 3. The maximum absolute atomic E-state index is 13.1. The van der Waals surface area contributed by atoms with Crippen molar-refractivity contribution in [2.24, 2.45) is 0 Å². The molecule has 1 aliphatic heterocycles. The molecule has 0 radical (unpaired) electrons. The minimum atomic E-state index is -0.870. The average molecular weight is 451 g/mol. The summed E-state index contributed by atoms with van der Waals surface area (Å²) in [4.78, 5) is 27.1. The van der Waals surface area contributed by atoms with E-state index in [2.05, 4.69) is 15.9 Å². The Bertz CT molecular complexity index is 874. The molecule has 0 aliphatic carbocycles. The molecule has 0 unspecified atom stereocenters. The molecule has 1 fully saturated rings. The van der Waals surface area contributed by atoms with Gasteiger partial charge < -0.3 is 4.74 Å². The number of halogens is 2. The van der Waals surface area contributed by atoms with Crippen LogP contribution < -0.4 is 0 Å². The van der Waals surface area contributed by atoms with E-state index in [0.717, 1.165) is 15.6 Å². The molecule has 27 heavy (non-hydrogen) atoms. The number of carbonyl (C=O) groups excluding carboxylic acids is 2. The predicted octanol–water partition coefficient (Wildman–Crippen LogP) is 5.88. The third-order valence-corrected chi connectivity index (χ3v) is 5.47. The molecule has 4 nitrogen and oxygen atoms in total. The minimum absolute atomic E-state index is 0.279. The lowest BCUT2D eigenvalue weighted by molar-refractivity contribution is -0.157. The number of likely N-dealkylation sites (tertiary alicyclic amines) is 1. The summed E-state index contributed by atoms with van der Waals surface area (Å²) >= 11 is 9.44. The maximum Gasteiger partial charge on any atom is 0.417 e. The molecule has 2 atom stereocenters. The quantitative estimate of drug-likeness (QED) is 0.537. The van der Waals surface area contributed by atoms with Crippen molar-refractivity contribution >= 4 is 39.5 Å². The molecule has 0 aromatic heterocycles. The highest BCUT2D eigenvalue weighted by Crippen LogP contribution is 2.52. The van der Waals surface area contributed by atoms with Crippen LogP contribution in [0.1, 0.15) is 44.9 Å². The zero-order chi connectivity index (χ0) is 20.0. The average Bonchev–Trinajstić information content (AvgIpc) is 2.58. The van der Waals surface area contributed by atoms with Gasteiger partial charge >= 0.3 is 6.09 Å². The third-order valence-electron chi connectivity index (χ3n) is 4.69. The second-order valence-corrected chi connectivity index (χ2v) is 9.17. The van der Waals surface area contributed by atoms with Gasteiger partial charge in [0.25, 0.3) is 0 Å². The maximum atomic E-state index is 13.1. The van der Waals surface area contributed by atoms with Gasteiger partial charge in [-0.05, 0) is 63.1 Å². The highest BCUT2D eigenvalue weighted by molar-refractivity contribution is 9.10. The first-order valence-electron chi connectivity index (χ1n) is 8.62. The molecular formula is C21H21BrClNO3. The van der Waals surface area contributed by atoms with Crippen molar-refractivity contribution in [3.05, 3.63) is 69.2 Å². The number of imide groups is 1. The number of nitrogens with zero attached hydrogens (tertiary/aromatic N) is 1. The summed E-state index contributed by atoms with van der Waals surface area (Å²) < 4.78 is 6.39. The van der Waals surface area contributed by atoms with Crippen molar-refractivity contribution < 1.29 is 14.3 Å². The summed E-state index contributed by atoms with van der Waals surface area (Å²) in [6, 6.07) is 14.3. The van der Waals surface area contributed by atoms with Crippen molar-refractivity contribution in [1.29, 1.82) is 0 Å². The van der Waals surface area contributed by atoms with Crippen LogP contribution in [0, 0.1) is 0 Å². The van der Waals surface area contributed by atoms with Crippen LogP contribution in [0.25, 0.3) is 0 Å². The lowest BCUT2D eigenvalue weighted by Crippen LogP contribution is -2.66. The molecule has 0 saturated carbocycles. The summed E-state index contributed by atoms with van der Waals surface area (Å²) in [6.45, 7) is 7.19. The van der Waals surface area contributed by atoms with E-state index in [9.17, 15) is 9.59 Å². The SMILES string of the molecule is CC(C)(C)OC(=O)N1C(=O)[C@@](C)(c2ccc(Br)cc2)[C@H]1c1ccc(Cl)cc1. The van der Waals surface area contributed by atoms with Crippen LogP contribution in [0.2, 0.25) is 5.02 Å². The highest BCUT2D eigenvalue weighted by Gasteiger charge is 2.62. The van der Waals surface area contributed by atoms with E-state index in [1.807, 2.05) is 43.3 Å². The van der Waals surface area contributed by atoms with Crippen LogP contribution >= 0.6 is 27.5 Å². The van der Waals surface area contributed by atoms with Gasteiger partial charge in [-0.2, -0.15) is 0 Å². The molecule has 3 rings (SSSR count). The molecule has 2 amide bonds. The minimum Gasteiger partial charge on any atom is -0.443 e. The van der Waals surface area contributed by atoms with E-state index in [0.29, 0.717) is 5.02 Å². The fourth-order valence-electron chi connectivity index (χ4n) is 3.38. The zero-order valence-electron chi connectivity index (χ0n) is 15.6. The highest BCUT2D eigenvalue weighted by atomic mass is 79.9. The van der Waals surface area contributed by atoms with E-state index in [1.54, 1.807) is 32.9 Å². The monoisotopic (exact) mass is 449 g/mol. The number of carbonyl (C=O) groups is 2. The smallest absolute Gasteiger partial charge is 0.417 e. The van der Waals surface area contributed by atoms with E-state index in [4.69, 9.17) is 16.3 Å². The number of β-lactam (4-membered cyclic amide) rings is 1. The topological polar surface area (TPSA) is 46.6 Å². The summed E-state index contributed by atoms with van der Waals surface area (Å²) in [5.74, 6) is -0.279. The van der Waals surface area contributed by atoms with Gasteiger partial charge in [-0.25, -0.2) is 9.69 Å². The Morgan fingerprint density at radius 3 is 2.19 bits per heavy atom. The number of ether oxygens (including phenoxy) is 1. The molecule has 0 bridgehead atoms. The number of rotatable bonds is 2. The number of benzene rings is 2. The fraction of sp³-hybridized carbons (Fsp3) is 0.333. The Kier molecular flexibility index (Phi) is 5.12. The van der Waals surface area contributed by atoms with Gasteiger partial charge in [0.1, 0.15) is 5.60 Å². The summed E-state index contributed by atoms with van der Waals surface area (Å²) in [5.41, 5.74) is 0.113. The van der Waals surface area contributed by atoms with Crippen LogP contribution in [0.5, 0.6) is 0 Å². The van der Waals surface area contributed by atoms with Gasteiger partial charge in [-0.1, -0.05) is 51.8 Å². The number of amides is 2. The lowest BCUT2D eigenvalue weighted by Gasteiger charge is -2.53. The predicted molar refractivity (Wildman–Crippen MR) is 109 cm³/mol. The molecule has 1 saturated heterocycles. The number of hydrogen-bond donors (Lipinski definition) is 0. The van der Waals surface area contributed by atoms with Crippen molar-refractivity contribution in [3.8, 4) is 0 Å². The van der Waals surface area contributed by atoms with Crippen LogP contribution in [0.4, 0.5) is 4.79 Å². The Balaban J connectivity index is 2.05. The molecule has 6 heteroatoms. The first kappa shape index (κ1) is 19.9. The van der Waals surface area contributed by atoms with Crippen LogP contribution in [0.3, 0.4) is 0 Å². The van der Waals surface area contributed by atoms with Gasteiger partial charge in [-0.15, -0.1) is 0 Å². The molecule has 1 aliphatic rings. The Morgan fingerprint density at radius 2 is 1.67 bits per heavy atom.